The van der Waals surface area contributed by atoms with Gasteiger partial charge in [0.25, 0.3) is 0 Å². The molecule has 0 bridgehead atoms. The molecule has 0 aromatic heterocycles. The highest BCUT2D eigenvalue weighted by molar-refractivity contribution is 9.09. The molecule has 5 heteroatoms. The maximum atomic E-state index is 11.8. The standard InChI is InChI=1S/C10H18BrNO3/c1-14-7-9(6-11)12-10(13)8-2-4-15-5-3-8/h8-9H,2-7H2,1H3,(H,12,13). The first-order chi connectivity index (χ1) is 7.27. The fourth-order valence-corrected chi connectivity index (χ4v) is 1.95. The van der Waals surface area contributed by atoms with E-state index in [4.69, 9.17) is 9.47 Å². The molecule has 1 unspecified atom stereocenters. The van der Waals surface area contributed by atoms with Gasteiger partial charge in [-0.3, -0.25) is 4.79 Å². The first-order valence-corrected chi connectivity index (χ1v) is 6.33. The first kappa shape index (κ1) is 12.9. The maximum Gasteiger partial charge on any atom is 0.223 e. The molecule has 1 heterocycles. The van der Waals surface area contributed by atoms with Crippen LogP contribution in [0.15, 0.2) is 0 Å². The summed E-state index contributed by atoms with van der Waals surface area (Å²) < 4.78 is 10.2. The Labute approximate surface area is 98.8 Å². The Morgan fingerprint density at radius 1 is 1.60 bits per heavy atom. The van der Waals surface area contributed by atoms with Crippen LogP contribution in [0.25, 0.3) is 0 Å². The van der Waals surface area contributed by atoms with Gasteiger partial charge < -0.3 is 14.8 Å². The monoisotopic (exact) mass is 279 g/mol. The summed E-state index contributed by atoms with van der Waals surface area (Å²) >= 11 is 3.35. The van der Waals surface area contributed by atoms with Gasteiger partial charge in [0, 0.05) is 31.6 Å². The average Bonchev–Trinajstić information content (AvgIpc) is 2.29. The summed E-state index contributed by atoms with van der Waals surface area (Å²) in [6, 6.07) is 0.0605. The van der Waals surface area contributed by atoms with Crippen molar-refractivity contribution in [2.75, 3.05) is 32.3 Å². The summed E-state index contributed by atoms with van der Waals surface area (Å²) in [6.45, 7) is 1.93. The number of alkyl halides is 1. The Kier molecular flexibility index (Phi) is 6.20. The second kappa shape index (κ2) is 7.19. The van der Waals surface area contributed by atoms with E-state index in [0.717, 1.165) is 18.2 Å². The van der Waals surface area contributed by atoms with E-state index in [9.17, 15) is 4.79 Å². The number of methoxy groups -OCH3 is 1. The zero-order valence-electron chi connectivity index (χ0n) is 9.00. The van der Waals surface area contributed by atoms with Gasteiger partial charge in [0.15, 0.2) is 0 Å². The van der Waals surface area contributed by atoms with E-state index in [1.54, 1.807) is 7.11 Å². The highest BCUT2D eigenvalue weighted by Crippen LogP contribution is 2.14. The number of hydrogen-bond acceptors (Lipinski definition) is 3. The molecule has 0 radical (unpaired) electrons. The Bertz CT molecular complexity index is 195. The normalized spacial score (nSPS) is 19.9. The van der Waals surface area contributed by atoms with Crippen molar-refractivity contribution in [3.05, 3.63) is 0 Å². The van der Waals surface area contributed by atoms with Crippen molar-refractivity contribution in [1.29, 1.82) is 0 Å². The summed E-state index contributed by atoms with van der Waals surface area (Å²) in [5.41, 5.74) is 0. The third kappa shape index (κ3) is 4.49. The number of carbonyl (C=O) groups excluding carboxylic acids is 1. The fraction of sp³-hybridized carbons (Fsp3) is 0.900. The quantitative estimate of drug-likeness (QED) is 0.762. The highest BCUT2D eigenvalue weighted by Gasteiger charge is 2.23. The molecule has 88 valence electrons. The smallest absolute Gasteiger partial charge is 0.223 e. The Morgan fingerprint density at radius 2 is 2.27 bits per heavy atom. The molecular formula is C10H18BrNO3. The molecule has 1 atom stereocenters. The van der Waals surface area contributed by atoms with E-state index < -0.39 is 0 Å². The molecule has 0 aromatic carbocycles. The van der Waals surface area contributed by atoms with Gasteiger partial charge in [-0.15, -0.1) is 0 Å². The molecule has 15 heavy (non-hydrogen) atoms. The number of carbonyl (C=O) groups is 1. The molecule has 1 aliphatic rings. The van der Waals surface area contributed by atoms with Gasteiger partial charge in [0.1, 0.15) is 0 Å². The van der Waals surface area contributed by atoms with Crippen molar-refractivity contribution in [3.8, 4) is 0 Å². The topological polar surface area (TPSA) is 47.6 Å². The molecule has 1 fully saturated rings. The van der Waals surface area contributed by atoms with Gasteiger partial charge in [-0.2, -0.15) is 0 Å². The minimum Gasteiger partial charge on any atom is -0.383 e. The molecule has 1 amide bonds. The lowest BCUT2D eigenvalue weighted by atomic mass is 9.99. The van der Waals surface area contributed by atoms with Gasteiger partial charge in [-0.25, -0.2) is 0 Å². The molecule has 0 aliphatic carbocycles. The molecule has 0 saturated carbocycles. The van der Waals surface area contributed by atoms with Crippen LogP contribution in [0.4, 0.5) is 0 Å². The maximum absolute atomic E-state index is 11.8. The van der Waals surface area contributed by atoms with Crippen molar-refractivity contribution in [2.45, 2.75) is 18.9 Å². The van der Waals surface area contributed by atoms with Gasteiger partial charge in [0.05, 0.1) is 12.6 Å². The fourth-order valence-electron chi connectivity index (χ4n) is 1.60. The van der Waals surface area contributed by atoms with E-state index in [1.165, 1.54) is 0 Å². The molecule has 1 N–H and O–H groups in total. The minimum atomic E-state index is 0.0605. The van der Waals surface area contributed by atoms with Crippen LogP contribution in [0.3, 0.4) is 0 Å². The summed E-state index contributed by atoms with van der Waals surface area (Å²) in [5, 5.41) is 3.69. The van der Waals surface area contributed by atoms with E-state index in [-0.39, 0.29) is 17.9 Å². The van der Waals surface area contributed by atoms with Crippen molar-refractivity contribution in [1.82, 2.24) is 5.32 Å². The molecule has 0 spiro atoms. The SMILES string of the molecule is COCC(CBr)NC(=O)C1CCOCC1. The molecule has 0 aromatic rings. The summed E-state index contributed by atoms with van der Waals surface area (Å²) in [5.74, 6) is 0.233. The van der Waals surface area contributed by atoms with Crippen LogP contribution in [0, 0.1) is 5.92 Å². The average molecular weight is 280 g/mol. The number of ether oxygens (including phenoxy) is 2. The number of nitrogens with one attached hydrogen (secondary N) is 1. The van der Waals surface area contributed by atoms with Crippen LogP contribution < -0.4 is 5.32 Å². The number of halogens is 1. The Hall–Kier alpha value is -0.130. The van der Waals surface area contributed by atoms with Crippen molar-refractivity contribution < 1.29 is 14.3 Å². The van der Waals surface area contributed by atoms with Crippen LogP contribution in [-0.2, 0) is 14.3 Å². The Morgan fingerprint density at radius 3 is 2.80 bits per heavy atom. The number of amides is 1. The molecular weight excluding hydrogens is 262 g/mol. The van der Waals surface area contributed by atoms with Gasteiger partial charge in [0.2, 0.25) is 5.91 Å². The molecule has 1 aliphatic heterocycles. The van der Waals surface area contributed by atoms with Crippen molar-refractivity contribution in [2.24, 2.45) is 5.92 Å². The lowest BCUT2D eigenvalue weighted by Crippen LogP contribution is -2.43. The zero-order valence-corrected chi connectivity index (χ0v) is 10.6. The molecule has 4 nitrogen and oxygen atoms in total. The predicted molar refractivity (Wildman–Crippen MR) is 61.1 cm³/mol. The summed E-state index contributed by atoms with van der Waals surface area (Å²) in [7, 11) is 1.64. The van der Waals surface area contributed by atoms with E-state index in [0.29, 0.717) is 19.8 Å². The second-order valence-corrected chi connectivity index (χ2v) is 4.35. The first-order valence-electron chi connectivity index (χ1n) is 5.21. The lowest BCUT2D eigenvalue weighted by molar-refractivity contribution is -0.128. The van der Waals surface area contributed by atoms with E-state index in [1.807, 2.05) is 0 Å². The third-order valence-corrected chi connectivity index (χ3v) is 3.27. The molecule has 1 rings (SSSR count). The highest BCUT2D eigenvalue weighted by atomic mass is 79.9. The van der Waals surface area contributed by atoms with Gasteiger partial charge in [-0.05, 0) is 12.8 Å². The number of rotatable bonds is 5. The second-order valence-electron chi connectivity index (χ2n) is 3.70. The largest absolute Gasteiger partial charge is 0.383 e. The van der Waals surface area contributed by atoms with Gasteiger partial charge >= 0.3 is 0 Å². The van der Waals surface area contributed by atoms with Gasteiger partial charge in [-0.1, -0.05) is 15.9 Å². The summed E-state index contributed by atoms with van der Waals surface area (Å²) in [4.78, 5) is 11.8. The van der Waals surface area contributed by atoms with Crippen LogP contribution in [0.5, 0.6) is 0 Å². The van der Waals surface area contributed by atoms with Crippen LogP contribution in [-0.4, -0.2) is 44.2 Å². The van der Waals surface area contributed by atoms with Crippen LogP contribution >= 0.6 is 15.9 Å². The zero-order chi connectivity index (χ0) is 11.1. The van der Waals surface area contributed by atoms with Crippen LogP contribution in [0.1, 0.15) is 12.8 Å². The third-order valence-electron chi connectivity index (χ3n) is 2.49. The molecule has 1 saturated heterocycles. The number of hydrogen-bond donors (Lipinski definition) is 1. The minimum absolute atomic E-state index is 0.0605. The van der Waals surface area contributed by atoms with E-state index in [2.05, 4.69) is 21.2 Å². The predicted octanol–water partition coefficient (Wildman–Crippen LogP) is 0.939. The van der Waals surface area contributed by atoms with Crippen molar-refractivity contribution in [3.63, 3.8) is 0 Å². The van der Waals surface area contributed by atoms with Crippen molar-refractivity contribution >= 4 is 21.8 Å². The lowest BCUT2D eigenvalue weighted by Gasteiger charge is -2.23. The van der Waals surface area contributed by atoms with Crippen LogP contribution in [0.2, 0.25) is 0 Å². The summed E-state index contributed by atoms with van der Waals surface area (Å²) in [6.07, 6.45) is 1.65. The van der Waals surface area contributed by atoms with E-state index >= 15 is 0 Å². The Balaban J connectivity index is 2.31.